The molecule has 1 fully saturated rings. The maximum absolute atomic E-state index is 12.7. The Bertz CT molecular complexity index is 947. The van der Waals surface area contributed by atoms with Gasteiger partial charge in [0.25, 0.3) is 0 Å². The molecule has 1 unspecified atom stereocenters. The first-order valence-corrected chi connectivity index (χ1v) is 10.3. The van der Waals surface area contributed by atoms with Gasteiger partial charge in [0.05, 0.1) is 6.42 Å². The van der Waals surface area contributed by atoms with E-state index in [0.717, 1.165) is 17.3 Å². The molecule has 30 heavy (non-hydrogen) atoms. The van der Waals surface area contributed by atoms with Crippen molar-refractivity contribution in [3.8, 4) is 0 Å². The molecule has 1 saturated heterocycles. The smallest absolute Gasteiger partial charge is 0.244 e. The highest BCUT2D eigenvalue weighted by atomic mass is 32.2. The van der Waals surface area contributed by atoms with Gasteiger partial charge in [0.15, 0.2) is 5.17 Å². The van der Waals surface area contributed by atoms with Crippen LogP contribution in [0.1, 0.15) is 12.0 Å². The highest BCUT2D eigenvalue weighted by Gasteiger charge is 2.38. The Labute approximate surface area is 179 Å². The molecule has 3 rings (SSSR count). The Morgan fingerprint density at radius 1 is 1.07 bits per heavy atom. The number of hydrazone groups is 1. The number of rotatable bonds is 8. The molecule has 154 valence electrons. The van der Waals surface area contributed by atoms with Gasteiger partial charge in [-0.2, -0.15) is 0 Å². The van der Waals surface area contributed by atoms with Crippen molar-refractivity contribution in [1.82, 2.24) is 10.3 Å². The maximum atomic E-state index is 12.7. The lowest BCUT2D eigenvalue weighted by atomic mass is 10.1. The van der Waals surface area contributed by atoms with Crippen molar-refractivity contribution in [2.24, 2.45) is 5.10 Å². The lowest BCUT2D eigenvalue weighted by molar-refractivity contribution is -0.128. The summed E-state index contributed by atoms with van der Waals surface area (Å²) in [6.45, 7) is 3.91. The third-order valence-electron chi connectivity index (χ3n) is 4.24. The normalized spacial score (nSPS) is 17.1. The Hall–Kier alpha value is -3.39. The summed E-state index contributed by atoms with van der Waals surface area (Å²) in [5.41, 5.74) is 4.03. The number of benzene rings is 2. The summed E-state index contributed by atoms with van der Waals surface area (Å²) in [7, 11) is 0. The highest BCUT2D eigenvalue weighted by Crippen LogP contribution is 2.29. The minimum atomic E-state index is -0.613. The third kappa shape index (κ3) is 5.81. The van der Waals surface area contributed by atoms with Crippen molar-refractivity contribution in [2.75, 3.05) is 11.9 Å². The van der Waals surface area contributed by atoms with Crippen molar-refractivity contribution < 1.29 is 14.4 Å². The van der Waals surface area contributed by atoms with Crippen molar-refractivity contribution in [2.45, 2.75) is 18.1 Å². The first-order chi connectivity index (χ1) is 14.6. The van der Waals surface area contributed by atoms with E-state index < -0.39 is 5.25 Å². The van der Waals surface area contributed by atoms with Gasteiger partial charge >= 0.3 is 0 Å². The van der Waals surface area contributed by atoms with Crippen molar-refractivity contribution in [3.05, 3.63) is 78.9 Å². The molecule has 0 spiro atoms. The van der Waals surface area contributed by atoms with E-state index in [4.69, 9.17) is 0 Å². The number of hydrogen-bond donors (Lipinski definition) is 2. The average molecular weight is 423 g/mol. The number of amidine groups is 1. The molecule has 2 aromatic rings. The molecule has 0 saturated carbocycles. The molecular weight excluding hydrogens is 400 g/mol. The number of carbonyl (C=O) groups excluding carboxylic acids is 3. The molecule has 1 aliphatic rings. The van der Waals surface area contributed by atoms with Gasteiger partial charge in [0.1, 0.15) is 5.25 Å². The van der Waals surface area contributed by atoms with E-state index in [2.05, 4.69) is 22.4 Å². The van der Waals surface area contributed by atoms with E-state index in [1.54, 1.807) is 18.2 Å². The Balaban J connectivity index is 1.61. The lowest BCUT2D eigenvalue weighted by Gasteiger charge is -2.13. The fourth-order valence-corrected chi connectivity index (χ4v) is 3.96. The summed E-state index contributed by atoms with van der Waals surface area (Å²) in [5.74, 6) is -0.787. The number of para-hydroxylation sites is 1. The fraction of sp³-hybridized carbons (Fsp3) is 0.182. The summed E-state index contributed by atoms with van der Waals surface area (Å²) in [4.78, 5) is 38.6. The molecular formula is C22H22N4O3S. The Kier molecular flexibility index (Phi) is 7.40. The van der Waals surface area contributed by atoms with E-state index in [1.807, 2.05) is 48.5 Å². The van der Waals surface area contributed by atoms with E-state index in [9.17, 15) is 14.4 Å². The summed E-state index contributed by atoms with van der Waals surface area (Å²) in [5, 5.41) is 6.63. The minimum absolute atomic E-state index is 0.00299. The second-order valence-electron chi connectivity index (χ2n) is 6.55. The Morgan fingerprint density at radius 2 is 1.73 bits per heavy atom. The zero-order valence-corrected chi connectivity index (χ0v) is 17.1. The second kappa shape index (κ2) is 10.4. The molecule has 0 aromatic heterocycles. The quantitative estimate of drug-likeness (QED) is 0.506. The van der Waals surface area contributed by atoms with Gasteiger partial charge in [0, 0.05) is 18.7 Å². The summed E-state index contributed by atoms with van der Waals surface area (Å²) < 4.78 is 0. The molecule has 3 amide bonds. The number of thioether (sulfide) groups is 1. The molecule has 8 heteroatoms. The van der Waals surface area contributed by atoms with Crippen LogP contribution in [-0.4, -0.2) is 39.6 Å². The third-order valence-corrected chi connectivity index (χ3v) is 5.42. The number of nitrogens with zero attached hydrogens (tertiary/aromatic N) is 2. The minimum Gasteiger partial charge on any atom is -0.326 e. The van der Waals surface area contributed by atoms with Gasteiger partial charge in [-0.25, -0.2) is 5.43 Å². The molecule has 1 aliphatic heterocycles. The second-order valence-corrected chi connectivity index (χ2v) is 7.72. The van der Waals surface area contributed by atoms with Crippen LogP contribution < -0.4 is 10.7 Å². The number of anilines is 1. The monoisotopic (exact) mass is 422 g/mol. The van der Waals surface area contributed by atoms with Gasteiger partial charge in [-0.05, 0) is 17.7 Å². The lowest BCUT2D eigenvalue weighted by Crippen LogP contribution is -2.34. The van der Waals surface area contributed by atoms with Gasteiger partial charge < -0.3 is 5.32 Å². The number of nitrogens with one attached hydrogen (secondary N) is 2. The molecule has 2 aromatic carbocycles. The molecule has 1 heterocycles. The molecule has 0 aliphatic carbocycles. The van der Waals surface area contributed by atoms with Crippen molar-refractivity contribution in [1.29, 1.82) is 0 Å². The van der Waals surface area contributed by atoms with Crippen LogP contribution in [0.5, 0.6) is 0 Å². The number of carbonyl (C=O) groups is 3. The zero-order valence-electron chi connectivity index (χ0n) is 16.3. The van der Waals surface area contributed by atoms with E-state index in [0.29, 0.717) is 10.9 Å². The fourth-order valence-electron chi connectivity index (χ4n) is 2.86. The van der Waals surface area contributed by atoms with Crippen LogP contribution in [0.3, 0.4) is 0 Å². The van der Waals surface area contributed by atoms with Gasteiger partial charge in [0.2, 0.25) is 17.7 Å². The van der Waals surface area contributed by atoms with Crippen LogP contribution in [0.15, 0.2) is 78.4 Å². The van der Waals surface area contributed by atoms with E-state index >= 15 is 0 Å². The largest absolute Gasteiger partial charge is 0.326 e. The SMILES string of the molecule is C=CCN1C(=O)C(CC(=O)Nc2ccccc2)S/C1=N/NC(=O)Cc1ccccc1. The van der Waals surface area contributed by atoms with E-state index in [-0.39, 0.29) is 37.1 Å². The van der Waals surface area contributed by atoms with Crippen LogP contribution >= 0.6 is 11.8 Å². The summed E-state index contributed by atoms with van der Waals surface area (Å²) in [6.07, 6.45) is 1.76. The van der Waals surface area contributed by atoms with Crippen molar-refractivity contribution in [3.63, 3.8) is 0 Å². The Morgan fingerprint density at radius 3 is 2.40 bits per heavy atom. The first-order valence-electron chi connectivity index (χ1n) is 9.41. The van der Waals surface area contributed by atoms with Crippen molar-refractivity contribution >= 4 is 40.3 Å². The summed E-state index contributed by atoms with van der Waals surface area (Å²) >= 11 is 1.16. The van der Waals surface area contributed by atoms with Gasteiger partial charge in [-0.3, -0.25) is 19.3 Å². The first kappa shape index (κ1) is 21.3. The van der Waals surface area contributed by atoms with Crippen LogP contribution in [0.25, 0.3) is 0 Å². The van der Waals surface area contributed by atoms with Crippen LogP contribution in [0.2, 0.25) is 0 Å². The standard InChI is InChI=1S/C22H22N4O3S/c1-2-13-26-21(29)18(15-19(27)23-17-11-7-4-8-12-17)30-22(26)25-24-20(28)14-16-9-5-3-6-10-16/h2-12,18H,1,13-15H2,(H,23,27)(H,24,28)/b25-22+. The van der Waals surface area contributed by atoms with Crippen LogP contribution in [-0.2, 0) is 20.8 Å². The molecule has 1 atom stereocenters. The van der Waals surface area contributed by atoms with E-state index in [1.165, 1.54) is 4.90 Å². The van der Waals surface area contributed by atoms with Gasteiger partial charge in [-0.1, -0.05) is 66.4 Å². The summed E-state index contributed by atoms with van der Waals surface area (Å²) in [6, 6.07) is 18.4. The molecule has 2 N–H and O–H groups in total. The van der Waals surface area contributed by atoms with Crippen LogP contribution in [0, 0.1) is 0 Å². The van der Waals surface area contributed by atoms with Gasteiger partial charge in [-0.15, -0.1) is 11.7 Å². The number of hydrogen-bond acceptors (Lipinski definition) is 5. The molecule has 7 nitrogen and oxygen atoms in total. The molecule has 0 radical (unpaired) electrons. The number of amides is 3. The topological polar surface area (TPSA) is 90.9 Å². The average Bonchev–Trinajstić information content (AvgIpc) is 3.03. The zero-order chi connectivity index (χ0) is 21.3. The predicted molar refractivity (Wildman–Crippen MR) is 119 cm³/mol. The highest BCUT2D eigenvalue weighted by molar-refractivity contribution is 8.15. The maximum Gasteiger partial charge on any atom is 0.244 e. The molecule has 0 bridgehead atoms. The van der Waals surface area contributed by atoms with Crippen LogP contribution in [0.4, 0.5) is 5.69 Å². The predicted octanol–water partition coefficient (Wildman–Crippen LogP) is 2.78.